The number of nitrogens with zero attached hydrogens (tertiary/aromatic N) is 1. The molecule has 1 N–H and O–H groups in total. The standard InChI is InChI=1S/C19H25NO3.ClH/c1-3-13-17(4-2)23-19-14(18(13)22)8-9-16(21)15(19)12-20-10-6-5-7-11-20;/h8-9,21H,3-7,10-12H2,1-2H3;1H. The van der Waals surface area contributed by atoms with E-state index in [4.69, 9.17) is 4.42 Å². The van der Waals surface area contributed by atoms with Gasteiger partial charge in [0.1, 0.15) is 17.1 Å². The van der Waals surface area contributed by atoms with Crippen LogP contribution in [0.5, 0.6) is 5.75 Å². The van der Waals surface area contributed by atoms with Crippen LogP contribution in [0.1, 0.15) is 50.0 Å². The zero-order valence-electron chi connectivity index (χ0n) is 14.4. The van der Waals surface area contributed by atoms with Crippen molar-refractivity contribution in [3.63, 3.8) is 0 Å². The lowest BCUT2D eigenvalue weighted by Gasteiger charge is -2.27. The Balaban J connectivity index is 0.00000208. The van der Waals surface area contributed by atoms with E-state index in [1.165, 1.54) is 19.3 Å². The summed E-state index contributed by atoms with van der Waals surface area (Å²) < 4.78 is 6.08. The van der Waals surface area contributed by atoms with Crippen molar-refractivity contribution in [1.29, 1.82) is 0 Å². The summed E-state index contributed by atoms with van der Waals surface area (Å²) in [6, 6.07) is 3.32. The molecule has 3 rings (SSSR count). The van der Waals surface area contributed by atoms with Crippen molar-refractivity contribution in [2.24, 2.45) is 0 Å². The van der Waals surface area contributed by atoms with Crippen LogP contribution in [0.25, 0.3) is 11.0 Å². The van der Waals surface area contributed by atoms with Gasteiger partial charge in [0.15, 0.2) is 5.43 Å². The molecule has 0 amide bonds. The van der Waals surface area contributed by atoms with Gasteiger partial charge in [-0.3, -0.25) is 9.69 Å². The number of rotatable bonds is 4. The SMILES string of the molecule is CCc1oc2c(CN3CCCCC3)c(O)ccc2c(=O)c1CC.Cl. The lowest BCUT2D eigenvalue weighted by molar-refractivity contribution is 0.218. The van der Waals surface area contributed by atoms with E-state index in [1.54, 1.807) is 12.1 Å². The number of fused-ring (bicyclic) bond motifs is 1. The molecule has 0 radical (unpaired) electrons. The van der Waals surface area contributed by atoms with Gasteiger partial charge in [-0.1, -0.05) is 20.3 Å². The molecule has 1 saturated heterocycles. The topological polar surface area (TPSA) is 53.7 Å². The van der Waals surface area contributed by atoms with Gasteiger partial charge in [0.25, 0.3) is 0 Å². The van der Waals surface area contributed by atoms with Crippen molar-refractivity contribution in [2.45, 2.75) is 52.5 Å². The lowest BCUT2D eigenvalue weighted by Crippen LogP contribution is -2.29. The number of likely N-dealkylation sites (tertiary alicyclic amines) is 1. The second kappa shape index (κ2) is 8.04. The van der Waals surface area contributed by atoms with Crippen LogP contribution in [0.15, 0.2) is 21.3 Å². The number of halogens is 1. The number of benzene rings is 1. The first kappa shape index (κ1) is 18.8. The molecule has 132 valence electrons. The van der Waals surface area contributed by atoms with E-state index in [1.807, 2.05) is 13.8 Å². The number of aromatic hydroxyl groups is 1. The van der Waals surface area contributed by atoms with Gasteiger partial charge in [-0.2, -0.15) is 0 Å². The minimum absolute atomic E-state index is 0. The Labute approximate surface area is 148 Å². The van der Waals surface area contributed by atoms with Crippen molar-refractivity contribution < 1.29 is 9.52 Å². The van der Waals surface area contributed by atoms with E-state index in [-0.39, 0.29) is 23.6 Å². The van der Waals surface area contributed by atoms with Crippen molar-refractivity contribution in [3.05, 3.63) is 39.2 Å². The molecule has 1 aliphatic rings. The number of aryl methyl sites for hydroxylation is 1. The zero-order valence-corrected chi connectivity index (χ0v) is 15.2. The van der Waals surface area contributed by atoms with E-state index < -0.39 is 0 Å². The molecule has 0 aliphatic carbocycles. The number of hydrogen-bond acceptors (Lipinski definition) is 4. The summed E-state index contributed by atoms with van der Waals surface area (Å²) in [4.78, 5) is 15.1. The quantitative estimate of drug-likeness (QED) is 0.903. The van der Waals surface area contributed by atoms with E-state index in [9.17, 15) is 9.90 Å². The minimum atomic E-state index is 0. The molecule has 0 saturated carbocycles. The molecule has 2 aromatic rings. The number of piperidine rings is 1. The molecule has 4 nitrogen and oxygen atoms in total. The highest BCUT2D eigenvalue weighted by atomic mass is 35.5. The van der Waals surface area contributed by atoms with Gasteiger partial charge in [-0.05, 0) is 44.5 Å². The summed E-state index contributed by atoms with van der Waals surface area (Å²) in [5, 5.41) is 10.9. The highest BCUT2D eigenvalue weighted by Crippen LogP contribution is 2.29. The highest BCUT2D eigenvalue weighted by molar-refractivity contribution is 5.85. The molecule has 1 aliphatic heterocycles. The van der Waals surface area contributed by atoms with Gasteiger partial charge in [-0.25, -0.2) is 0 Å². The average molecular weight is 352 g/mol. The lowest BCUT2D eigenvalue weighted by atomic mass is 10.0. The fourth-order valence-corrected chi connectivity index (χ4v) is 3.52. The highest BCUT2D eigenvalue weighted by Gasteiger charge is 2.19. The van der Waals surface area contributed by atoms with Crippen LogP contribution in [-0.2, 0) is 19.4 Å². The summed E-state index contributed by atoms with van der Waals surface area (Å²) in [6.45, 7) is 6.69. The van der Waals surface area contributed by atoms with Gasteiger partial charge < -0.3 is 9.52 Å². The largest absolute Gasteiger partial charge is 0.507 e. The third-order valence-electron chi connectivity index (χ3n) is 4.82. The van der Waals surface area contributed by atoms with Crippen LogP contribution in [0, 0.1) is 0 Å². The Hall–Kier alpha value is -1.52. The molecule has 0 spiro atoms. The van der Waals surface area contributed by atoms with Crippen molar-refractivity contribution >= 4 is 23.4 Å². The van der Waals surface area contributed by atoms with Gasteiger partial charge in [0.05, 0.1) is 10.9 Å². The van der Waals surface area contributed by atoms with Gasteiger partial charge in [0.2, 0.25) is 0 Å². The van der Waals surface area contributed by atoms with E-state index >= 15 is 0 Å². The second-order valence-corrected chi connectivity index (χ2v) is 6.32. The summed E-state index contributed by atoms with van der Waals surface area (Å²) in [7, 11) is 0. The maximum absolute atomic E-state index is 12.7. The monoisotopic (exact) mass is 351 g/mol. The fraction of sp³-hybridized carbons (Fsp3) is 0.526. The summed E-state index contributed by atoms with van der Waals surface area (Å²) in [6.07, 6.45) is 5.01. The number of phenolic OH excluding ortho intramolecular Hbond substituents is 1. The van der Waals surface area contributed by atoms with Crippen molar-refractivity contribution in [2.75, 3.05) is 13.1 Å². The van der Waals surface area contributed by atoms with E-state index in [0.29, 0.717) is 30.4 Å². The first-order chi connectivity index (χ1) is 11.2. The van der Waals surface area contributed by atoms with Gasteiger partial charge in [-0.15, -0.1) is 12.4 Å². The van der Waals surface area contributed by atoms with Crippen LogP contribution >= 0.6 is 12.4 Å². The van der Waals surface area contributed by atoms with Crippen LogP contribution in [0.2, 0.25) is 0 Å². The van der Waals surface area contributed by atoms with E-state index in [0.717, 1.165) is 30.0 Å². The van der Waals surface area contributed by atoms with Gasteiger partial charge >= 0.3 is 0 Å². The van der Waals surface area contributed by atoms with Crippen LogP contribution in [0.4, 0.5) is 0 Å². The molecule has 0 atom stereocenters. The summed E-state index contributed by atoms with van der Waals surface area (Å²) >= 11 is 0. The molecule has 24 heavy (non-hydrogen) atoms. The van der Waals surface area contributed by atoms with Gasteiger partial charge in [0, 0.05) is 18.5 Å². The van der Waals surface area contributed by atoms with Crippen LogP contribution < -0.4 is 5.43 Å². The average Bonchev–Trinajstić information content (AvgIpc) is 2.58. The van der Waals surface area contributed by atoms with Crippen molar-refractivity contribution in [3.8, 4) is 5.75 Å². The van der Waals surface area contributed by atoms with Crippen LogP contribution in [-0.4, -0.2) is 23.1 Å². The Kier molecular flexibility index (Phi) is 6.30. The summed E-state index contributed by atoms with van der Waals surface area (Å²) in [5.74, 6) is 0.966. The Morgan fingerprint density at radius 2 is 1.79 bits per heavy atom. The third-order valence-corrected chi connectivity index (χ3v) is 4.82. The van der Waals surface area contributed by atoms with E-state index in [2.05, 4.69) is 4.90 Å². The minimum Gasteiger partial charge on any atom is -0.507 e. The predicted molar refractivity (Wildman–Crippen MR) is 99.3 cm³/mol. The smallest absolute Gasteiger partial charge is 0.196 e. The maximum atomic E-state index is 12.7. The molecule has 1 fully saturated rings. The number of hydrogen-bond donors (Lipinski definition) is 1. The second-order valence-electron chi connectivity index (χ2n) is 6.32. The first-order valence-electron chi connectivity index (χ1n) is 8.67. The number of phenols is 1. The molecular formula is C19H26ClNO3. The fourth-order valence-electron chi connectivity index (χ4n) is 3.52. The molecule has 5 heteroatoms. The zero-order chi connectivity index (χ0) is 16.4. The Morgan fingerprint density at radius 1 is 1.08 bits per heavy atom. The molecule has 2 heterocycles. The summed E-state index contributed by atoms with van der Waals surface area (Å²) in [5.41, 5.74) is 2.12. The molecule has 1 aromatic heterocycles. The predicted octanol–water partition coefficient (Wildman–Crippen LogP) is 4.03. The molecule has 0 unspecified atom stereocenters. The molecule has 0 bridgehead atoms. The molecule has 1 aromatic carbocycles. The molecular weight excluding hydrogens is 326 g/mol. The Morgan fingerprint density at radius 3 is 2.42 bits per heavy atom. The first-order valence-corrected chi connectivity index (χ1v) is 8.67. The van der Waals surface area contributed by atoms with Crippen molar-refractivity contribution in [1.82, 2.24) is 4.90 Å². The Bertz CT molecular complexity index is 763. The normalized spacial score (nSPS) is 15.4. The third kappa shape index (κ3) is 3.45. The van der Waals surface area contributed by atoms with Crippen LogP contribution in [0.3, 0.4) is 0 Å². The maximum Gasteiger partial charge on any atom is 0.196 e.